The number of hydrogen-bond acceptors (Lipinski definition) is 7. The second-order valence-electron chi connectivity index (χ2n) is 8.70. The summed E-state index contributed by atoms with van der Waals surface area (Å²) in [7, 11) is 3.05. The summed E-state index contributed by atoms with van der Waals surface area (Å²) in [6.07, 6.45) is 0.543. The Labute approximate surface area is 214 Å². The van der Waals surface area contributed by atoms with Crippen LogP contribution in [0.3, 0.4) is 0 Å². The minimum atomic E-state index is -0.822. The molecule has 8 nitrogen and oxygen atoms in total. The number of nitrogens with zero attached hydrogens (tertiary/aromatic N) is 1. The maximum atomic E-state index is 13.4. The van der Waals surface area contributed by atoms with Crippen LogP contribution in [-0.2, 0) is 16.0 Å². The van der Waals surface area contributed by atoms with E-state index in [9.17, 15) is 14.7 Å². The van der Waals surface area contributed by atoms with Gasteiger partial charge in [0.25, 0.3) is 11.7 Å². The zero-order valence-corrected chi connectivity index (χ0v) is 20.6. The van der Waals surface area contributed by atoms with Crippen molar-refractivity contribution in [2.24, 2.45) is 0 Å². The highest BCUT2D eigenvalue weighted by Gasteiger charge is 2.46. The van der Waals surface area contributed by atoms with Crippen molar-refractivity contribution < 1.29 is 33.6 Å². The molecule has 3 aromatic carbocycles. The first-order valence-electron chi connectivity index (χ1n) is 12.0. The summed E-state index contributed by atoms with van der Waals surface area (Å²) < 4.78 is 22.1. The van der Waals surface area contributed by atoms with Gasteiger partial charge in [0.15, 0.2) is 23.0 Å². The van der Waals surface area contributed by atoms with Crippen LogP contribution in [0.2, 0.25) is 0 Å². The van der Waals surface area contributed by atoms with Gasteiger partial charge in [-0.1, -0.05) is 36.4 Å². The third-order valence-electron chi connectivity index (χ3n) is 6.56. The Hall–Kier alpha value is -4.46. The fraction of sp³-hybridized carbons (Fsp3) is 0.241. The molecule has 0 aromatic heterocycles. The summed E-state index contributed by atoms with van der Waals surface area (Å²) in [5.74, 6) is 0.290. The number of methoxy groups -OCH3 is 2. The molecule has 0 spiro atoms. The van der Waals surface area contributed by atoms with E-state index >= 15 is 0 Å². The molecule has 190 valence electrons. The van der Waals surface area contributed by atoms with E-state index in [1.54, 1.807) is 36.4 Å². The molecule has 1 saturated heterocycles. The molecule has 1 atom stereocenters. The number of rotatable bonds is 7. The zero-order valence-electron chi connectivity index (χ0n) is 20.6. The maximum Gasteiger partial charge on any atom is 0.295 e. The number of hydrogen-bond donors (Lipinski definition) is 1. The summed E-state index contributed by atoms with van der Waals surface area (Å²) >= 11 is 0. The van der Waals surface area contributed by atoms with Crippen molar-refractivity contribution in [3.05, 3.63) is 89.0 Å². The third-order valence-corrected chi connectivity index (χ3v) is 6.56. The van der Waals surface area contributed by atoms with Gasteiger partial charge in [-0.15, -0.1) is 0 Å². The van der Waals surface area contributed by atoms with E-state index in [-0.39, 0.29) is 17.9 Å². The number of amides is 1. The number of ketones is 1. The van der Waals surface area contributed by atoms with Crippen LogP contribution < -0.4 is 18.9 Å². The quantitative estimate of drug-likeness (QED) is 0.295. The van der Waals surface area contributed by atoms with Gasteiger partial charge >= 0.3 is 0 Å². The molecule has 1 N–H and O–H groups in total. The van der Waals surface area contributed by atoms with Gasteiger partial charge in [-0.2, -0.15) is 0 Å². The number of benzene rings is 3. The summed E-state index contributed by atoms with van der Waals surface area (Å²) in [6, 6.07) is 19.0. The highest BCUT2D eigenvalue weighted by atomic mass is 16.6. The van der Waals surface area contributed by atoms with Crippen LogP contribution in [0, 0.1) is 0 Å². The number of aliphatic hydroxyl groups excluding tert-OH is 1. The van der Waals surface area contributed by atoms with Crippen molar-refractivity contribution in [3.63, 3.8) is 0 Å². The van der Waals surface area contributed by atoms with E-state index in [4.69, 9.17) is 18.9 Å². The first kappa shape index (κ1) is 24.2. The summed E-state index contributed by atoms with van der Waals surface area (Å²) in [6.45, 7) is 1.10. The maximum absolute atomic E-state index is 13.4. The molecule has 0 saturated carbocycles. The van der Waals surface area contributed by atoms with Gasteiger partial charge < -0.3 is 29.0 Å². The molecular weight excluding hydrogens is 474 g/mol. The third kappa shape index (κ3) is 4.58. The molecule has 2 aliphatic rings. The monoisotopic (exact) mass is 501 g/mol. The van der Waals surface area contributed by atoms with Crippen LogP contribution in [0.4, 0.5) is 0 Å². The lowest BCUT2D eigenvalue weighted by atomic mass is 9.94. The smallest absolute Gasteiger partial charge is 0.295 e. The summed E-state index contributed by atoms with van der Waals surface area (Å²) in [5, 5.41) is 11.4. The van der Waals surface area contributed by atoms with Crippen molar-refractivity contribution in [1.29, 1.82) is 0 Å². The Morgan fingerprint density at radius 3 is 2.38 bits per heavy atom. The number of aliphatic hydroxyl groups is 1. The Morgan fingerprint density at radius 2 is 1.65 bits per heavy atom. The Morgan fingerprint density at radius 1 is 0.919 bits per heavy atom. The molecule has 0 bridgehead atoms. The molecule has 0 unspecified atom stereocenters. The molecule has 2 heterocycles. The van der Waals surface area contributed by atoms with Gasteiger partial charge in [-0.05, 0) is 47.9 Å². The van der Waals surface area contributed by atoms with Crippen LogP contribution in [0.5, 0.6) is 23.0 Å². The molecule has 3 aromatic rings. The highest BCUT2D eigenvalue weighted by Crippen LogP contribution is 2.43. The Balaban J connectivity index is 1.60. The second kappa shape index (κ2) is 10.3. The van der Waals surface area contributed by atoms with Gasteiger partial charge in [-0.25, -0.2) is 0 Å². The number of Topliss-reactive ketones (excluding diaryl/α,β-unsaturated/α-hetero) is 1. The van der Waals surface area contributed by atoms with E-state index < -0.39 is 17.7 Å². The van der Waals surface area contributed by atoms with Crippen molar-refractivity contribution in [2.45, 2.75) is 12.5 Å². The first-order chi connectivity index (χ1) is 18.0. The van der Waals surface area contributed by atoms with E-state index in [0.29, 0.717) is 53.8 Å². The lowest BCUT2D eigenvalue weighted by Crippen LogP contribution is -2.31. The van der Waals surface area contributed by atoms with Crippen LogP contribution in [0.15, 0.2) is 72.3 Å². The van der Waals surface area contributed by atoms with Crippen molar-refractivity contribution in [1.82, 2.24) is 4.90 Å². The molecule has 1 fully saturated rings. The predicted octanol–water partition coefficient (Wildman–Crippen LogP) is 4.14. The number of carbonyl (C=O) groups excluding carboxylic acids is 2. The first-order valence-corrected chi connectivity index (χ1v) is 12.0. The summed E-state index contributed by atoms with van der Waals surface area (Å²) in [5.41, 5.74) is 2.00. The van der Waals surface area contributed by atoms with Crippen molar-refractivity contribution in [3.8, 4) is 23.0 Å². The average Bonchev–Trinajstić information content (AvgIpc) is 3.20. The van der Waals surface area contributed by atoms with Crippen LogP contribution >= 0.6 is 0 Å². The van der Waals surface area contributed by atoms with E-state index in [2.05, 4.69) is 0 Å². The summed E-state index contributed by atoms with van der Waals surface area (Å²) in [4.78, 5) is 28.2. The second-order valence-corrected chi connectivity index (χ2v) is 8.70. The molecule has 0 radical (unpaired) electrons. The molecule has 1 amide bonds. The van der Waals surface area contributed by atoms with Crippen molar-refractivity contribution in [2.75, 3.05) is 34.0 Å². The fourth-order valence-electron chi connectivity index (χ4n) is 4.72. The zero-order chi connectivity index (χ0) is 25.9. The molecule has 5 rings (SSSR count). The Bertz CT molecular complexity index is 1370. The lowest BCUT2D eigenvalue weighted by Gasteiger charge is -2.26. The number of likely N-dealkylation sites (tertiary alicyclic amines) is 1. The van der Waals surface area contributed by atoms with Gasteiger partial charge in [0.1, 0.15) is 19.0 Å². The highest BCUT2D eigenvalue weighted by molar-refractivity contribution is 6.46. The van der Waals surface area contributed by atoms with Crippen LogP contribution in [-0.4, -0.2) is 55.7 Å². The minimum Gasteiger partial charge on any atom is -0.507 e. The Kier molecular flexibility index (Phi) is 6.72. The van der Waals surface area contributed by atoms with Gasteiger partial charge in [0.05, 0.1) is 25.8 Å². The van der Waals surface area contributed by atoms with Gasteiger partial charge in [0.2, 0.25) is 0 Å². The lowest BCUT2D eigenvalue weighted by molar-refractivity contribution is -0.139. The molecule has 37 heavy (non-hydrogen) atoms. The average molecular weight is 502 g/mol. The van der Waals surface area contributed by atoms with Gasteiger partial charge in [-0.3, -0.25) is 9.59 Å². The number of carbonyl (C=O) groups is 2. The molecule has 2 aliphatic heterocycles. The molecule has 0 aliphatic carbocycles. The fourth-order valence-corrected chi connectivity index (χ4v) is 4.72. The van der Waals surface area contributed by atoms with Crippen LogP contribution in [0.25, 0.3) is 5.76 Å². The van der Waals surface area contributed by atoms with E-state index in [0.717, 1.165) is 5.56 Å². The standard InChI is InChI=1S/C29H27NO7/c1-34-21-10-8-19(16-23(21)35-2)26-25(27(31)20-9-11-22-24(17-20)37-15-14-36-22)28(32)29(33)30(26)13-12-18-6-4-3-5-7-18/h3-11,16-17,26,31H,12-15H2,1-2H3/b27-25+/t26-/m1/s1. The minimum absolute atomic E-state index is 0.00181. The molecule has 8 heteroatoms. The van der Waals surface area contributed by atoms with E-state index in [1.165, 1.54) is 19.1 Å². The number of ether oxygens (including phenoxy) is 4. The normalized spacial score (nSPS) is 18.1. The van der Waals surface area contributed by atoms with Crippen LogP contribution in [0.1, 0.15) is 22.7 Å². The predicted molar refractivity (Wildman–Crippen MR) is 136 cm³/mol. The van der Waals surface area contributed by atoms with Gasteiger partial charge in [0, 0.05) is 12.1 Å². The SMILES string of the molecule is COc1ccc([C@@H]2/C(=C(\O)c3ccc4c(c3)OCCO4)C(=O)C(=O)N2CCc2ccccc2)cc1OC. The van der Waals surface area contributed by atoms with Crippen molar-refractivity contribution >= 4 is 17.4 Å². The topological polar surface area (TPSA) is 94.5 Å². The van der Waals surface area contributed by atoms with E-state index in [1.807, 2.05) is 30.3 Å². The number of fused-ring (bicyclic) bond motifs is 1. The largest absolute Gasteiger partial charge is 0.507 e. The molecular formula is C29H27NO7.